The Labute approximate surface area is 139 Å². The van der Waals surface area contributed by atoms with Crippen molar-refractivity contribution in [1.82, 2.24) is 9.80 Å². The number of hydrogen-bond acceptors (Lipinski definition) is 3. The van der Waals surface area contributed by atoms with Crippen LogP contribution in [0.5, 0.6) is 0 Å². The molecule has 1 amide bonds. The van der Waals surface area contributed by atoms with E-state index in [1.165, 1.54) is 10.4 Å². The molecule has 2 heterocycles. The van der Waals surface area contributed by atoms with E-state index in [-0.39, 0.29) is 5.91 Å². The van der Waals surface area contributed by atoms with Gasteiger partial charge in [-0.05, 0) is 43.9 Å². The molecule has 22 heavy (non-hydrogen) atoms. The topological polar surface area (TPSA) is 23.6 Å². The lowest BCUT2D eigenvalue weighted by molar-refractivity contribution is 0.0651. The average Bonchev–Trinajstić information content (AvgIpc) is 2.97. The predicted molar refractivity (Wildman–Crippen MR) is 94.9 cm³/mol. The first-order valence-electron chi connectivity index (χ1n) is 8.71. The van der Waals surface area contributed by atoms with Gasteiger partial charge in [-0.15, -0.1) is 11.3 Å². The fourth-order valence-corrected chi connectivity index (χ4v) is 4.61. The zero-order valence-corrected chi connectivity index (χ0v) is 15.3. The molecular weight excluding hydrogens is 292 g/mol. The number of hydrogen-bond donors (Lipinski definition) is 0. The highest BCUT2D eigenvalue weighted by atomic mass is 32.1. The van der Waals surface area contributed by atoms with Crippen molar-refractivity contribution in [2.75, 3.05) is 26.7 Å². The van der Waals surface area contributed by atoms with Crippen molar-refractivity contribution in [2.45, 2.75) is 58.9 Å². The van der Waals surface area contributed by atoms with Crippen LogP contribution in [0.25, 0.3) is 0 Å². The van der Waals surface area contributed by atoms with Gasteiger partial charge < -0.3 is 9.80 Å². The summed E-state index contributed by atoms with van der Waals surface area (Å²) in [6.45, 7) is 9.95. The Bertz CT molecular complexity index is 489. The summed E-state index contributed by atoms with van der Waals surface area (Å²) in [6, 6.07) is 2.53. The first kappa shape index (κ1) is 17.5. The number of aryl methyl sites for hydroxylation is 2. The van der Waals surface area contributed by atoms with Crippen molar-refractivity contribution < 1.29 is 4.79 Å². The summed E-state index contributed by atoms with van der Waals surface area (Å²) in [6.07, 6.45) is 5.47. The second kappa shape index (κ2) is 8.11. The Morgan fingerprint density at radius 2 is 2.00 bits per heavy atom. The summed E-state index contributed by atoms with van der Waals surface area (Å²) in [7, 11) is 1.99. The molecule has 0 spiro atoms. The minimum Gasteiger partial charge on any atom is -0.338 e. The number of thiophene rings is 1. The highest BCUT2D eigenvalue weighted by molar-refractivity contribution is 7.14. The zero-order chi connectivity index (χ0) is 16.1. The summed E-state index contributed by atoms with van der Waals surface area (Å²) in [5, 5.41) is 0. The van der Waals surface area contributed by atoms with E-state index in [4.69, 9.17) is 0 Å². The van der Waals surface area contributed by atoms with Crippen LogP contribution in [0.15, 0.2) is 6.07 Å². The van der Waals surface area contributed by atoms with Gasteiger partial charge in [0.2, 0.25) is 0 Å². The molecule has 0 radical (unpaired) electrons. The van der Waals surface area contributed by atoms with Crippen molar-refractivity contribution in [1.29, 1.82) is 0 Å². The number of nitrogens with zero attached hydrogens (tertiary/aromatic N) is 2. The predicted octanol–water partition coefficient (Wildman–Crippen LogP) is 3.82. The van der Waals surface area contributed by atoms with Crippen LogP contribution in [0.4, 0.5) is 0 Å². The van der Waals surface area contributed by atoms with Gasteiger partial charge in [0.25, 0.3) is 5.91 Å². The lowest BCUT2D eigenvalue weighted by Gasteiger charge is -2.36. The molecule has 4 heteroatoms. The van der Waals surface area contributed by atoms with Crippen LogP contribution in [-0.4, -0.2) is 48.4 Å². The Balaban J connectivity index is 2.04. The highest BCUT2D eigenvalue weighted by Gasteiger charge is 2.26. The second-order valence-corrected chi connectivity index (χ2v) is 7.38. The van der Waals surface area contributed by atoms with Crippen LogP contribution < -0.4 is 0 Å². The molecule has 0 unspecified atom stereocenters. The Morgan fingerprint density at radius 3 is 2.55 bits per heavy atom. The maximum absolute atomic E-state index is 12.8. The monoisotopic (exact) mass is 322 g/mol. The molecule has 1 fully saturated rings. The van der Waals surface area contributed by atoms with E-state index in [1.807, 2.05) is 11.9 Å². The van der Waals surface area contributed by atoms with Crippen LogP contribution in [0.1, 0.15) is 60.1 Å². The van der Waals surface area contributed by atoms with E-state index in [0.29, 0.717) is 6.04 Å². The van der Waals surface area contributed by atoms with Crippen LogP contribution >= 0.6 is 11.3 Å². The van der Waals surface area contributed by atoms with Gasteiger partial charge in [-0.1, -0.05) is 27.2 Å². The third-order valence-corrected chi connectivity index (χ3v) is 6.06. The fraction of sp³-hybridized carbons (Fsp3) is 0.722. The summed E-state index contributed by atoms with van der Waals surface area (Å²) in [5.41, 5.74) is 1.37. The van der Waals surface area contributed by atoms with Gasteiger partial charge >= 0.3 is 0 Å². The number of piperidine rings is 1. The van der Waals surface area contributed by atoms with E-state index < -0.39 is 0 Å². The van der Waals surface area contributed by atoms with Gasteiger partial charge in [-0.25, -0.2) is 0 Å². The maximum Gasteiger partial charge on any atom is 0.263 e. The minimum atomic E-state index is 0.219. The quantitative estimate of drug-likeness (QED) is 0.795. The lowest BCUT2D eigenvalue weighted by Crippen LogP contribution is -2.45. The molecule has 0 saturated carbocycles. The third-order valence-electron chi connectivity index (χ3n) is 4.84. The summed E-state index contributed by atoms with van der Waals surface area (Å²) < 4.78 is 0. The van der Waals surface area contributed by atoms with Crippen molar-refractivity contribution in [2.24, 2.45) is 0 Å². The molecule has 2 rings (SSSR count). The molecule has 1 aromatic rings. The van der Waals surface area contributed by atoms with E-state index in [0.717, 1.165) is 56.6 Å². The van der Waals surface area contributed by atoms with E-state index in [9.17, 15) is 4.79 Å². The molecule has 0 atom stereocenters. The van der Waals surface area contributed by atoms with E-state index in [1.54, 1.807) is 11.3 Å². The number of carbonyl (C=O) groups excluding carboxylic acids is 1. The third kappa shape index (κ3) is 3.90. The fourth-order valence-electron chi connectivity index (χ4n) is 3.27. The molecule has 1 aliphatic rings. The lowest BCUT2D eigenvalue weighted by atomic mass is 10.0. The largest absolute Gasteiger partial charge is 0.338 e. The van der Waals surface area contributed by atoms with Gasteiger partial charge in [0, 0.05) is 31.1 Å². The summed E-state index contributed by atoms with van der Waals surface area (Å²) >= 11 is 1.71. The van der Waals surface area contributed by atoms with Gasteiger partial charge in [-0.2, -0.15) is 0 Å². The molecule has 0 aromatic carbocycles. The van der Waals surface area contributed by atoms with Crippen molar-refractivity contribution in [3.63, 3.8) is 0 Å². The van der Waals surface area contributed by atoms with E-state index >= 15 is 0 Å². The molecule has 0 bridgehead atoms. The smallest absolute Gasteiger partial charge is 0.263 e. The van der Waals surface area contributed by atoms with Crippen LogP contribution in [-0.2, 0) is 12.8 Å². The second-order valence-electron chi connectivity index (χ2n) is 6.24. The van der Waals surface area contributed by atoms with Crippen LogP contribution in [0.2, 0.25) is 0 Å². The molecule has 0 N–H and O–H groups in total. The normalized spacial score (nSPS) is 16.9. The summed E-state index contributed by atoms with van der Waals surface area (Å²) in [4.78, 5) is 19.6. The molecule has 1 aliphatic heterocycles. The van der Waals surface area contributed by atoms with Crippen molar-refractivity contribution in [3.8, 4) is 0 Å². The zero-order valence-electron chi connectivity index (χ0n) is 14.5. The Kier molecular flexibility index (Phi) is 6.45. The van der Waals surface area contributed by atoms with E-state index in [2.05, 4.69) is 31.7 Å². The molecule has 0 aliphatic carbocycles. The average molecular weight is 323 g/mol. The van der Waals surface area contributed by atoms with Crippen molar-refractivity contribution >= 4 is 17.2 Å². The molecule has 1 aromatic heterocycles. The van der Waals surface area contributed by atoms with Gasteiger partial charge in [0.1, 0.15) is 0 Å². The standard InChI is InChI=1S/C18H30N2OS/c1-5-8-16-14(6-2)13-17(22-16)18(21)19(4)15-9-11-20(7-3)12-10-15/h13,15H,5-12H2,1-4H3. The first-order valence-corrected chi connectivity index (χ1v) is 9.53. The number of likely N-dealkylation sites (tertiary alicyclic amines) is 1. The molecular formula is C18H30N2OS. The maximum atomic E-state index is 12.8. The molecule has 1 saturated heterocycles. The Hall–Kier alpha value is -0.870. The number of carbonyl (C=O) groups is 1. The van der Waals surface area contributed by atoms with Gasteiger partial charge in [0.05, 0.1) is 4.88 Å². The van der Waals surface area contributed by atoms with Gasteiger partial charge in [0.15, 0.2) is 0 Å². The summed E-state index contributed by atoms with van der Waals surface area (Å²) in [5.74, 6) is 0.219. The van der Waals surface area contributed by atoms with Gasteiger partial charge in [-0.3, -0.25) is 4.79 Å². The number of rotatable bonds is 6. The van der Waals surface area contributed by atoms with Crippen molar-refractivity contribution in [3.05, 3.63) is 21.4 Å². The molecule has 3 nitrogen and oxygen atoms in total. The number of amides is 1. The highest BCUT2D eigenvalue weighted by Crippen LogP contribution is 2.27. The SMILES string of the molecule is CCCc1sc(C(=O)N(C)C2CCN(CC)CC2)cc1CC. The Morgan fingerprint density at radius 1 is 1.32 bits per heavy atom. The van der Waals surface area contributed by atoms with Crippen LogP contribution in [0, 0.1) is 0 Å². The molecule has 124 valence electrons. The first-order chi connectivity index (χ1) is 10.6. The minimum absolute atomic E-state index is 0.219. The van der Waals surface area contributed by atoms with Crippen LogP contribution in [0.3, 0.4) is 0 Å².